The summed E-state index contributed by atoms with van der Waals surface area (Å²) in [4.78, 5) is 25.2. The van der Waals surface area contributed by atoms with E-state index in [1.807, 2.05) is 48.5 Å². The van der Waals surface area contributed by atoms with E-state index < -0.39 is 17.8 Å². The second-order valence-corrected chi connectivity index (χ2v) is 10.3. The molecule has 0 fully saturated rings. The summed E-state index contributed by atoms with van der Waals surface area (Å²) in [5.41, 5.74) is 4.02. The van der Waals surface area contributed by atoms with Gasteiger partial charge in [0.25, 0.3) is 0 Å². The number of halogens is 1. The average Bonchev–Trinajstić information content (AvgIpc) is 3.35. The van der Waals surface area contributed by atoms with Gasteiger partial charge in [0, 0.05) is 38.6 Å². The zero-order valence-electron chi connectivity index (χ0n) is 24.2. The van der Waals surface area contributed by atoms with Gasteiger partial charge >= 0.3 is 29.6 Å². The minimum atomic E-state index is -1.30. The molecule has 6 aromatic rings. The SMILES string of the molecule is O=C(c1ccc(F)cc1)c1ccccc1N[C@H](Cc1ccc(OCCn2c3ccccc3c3ccccc32)cc1)C(=O)[O-].[Na+]. The maximum atomic E-state index is 13.3. The van der Waals surface area contributed by atoms with Gasteiger partial charge in [-0.2, -0.15) is 0 Å². The fraction of sp³-hybridized carbons (Fsp3) is 0.111. The van der Waals surface area contributed by atoms with E-state index in [1.165, 1.54) is 35.0 Å². The van der Waals surface area contributed by atoms with Crippen molar-refractivity contribution in [3.8, 4) is 5.75 Å². The molecule has 0 radical (unpaired) electrons. The Morgan fingerprint density at radius 1 is 0.773 bits per heavy atom. The molecule has 6 rings (SSSR count). The van der Waals surface area contributed by atoms with Crippen molar-refractivity contribution < 1.29 is 53.4 Å². The van der Waals surface area contributed by atoms with Crippen molar-refractivity contribution >= 4 is 39.2 Å². The second-order valence-electron chi connectivity index (χ2n) is 10.3. The smallest absolute Gasteiger partial charge is 0.548 e. The average molecular weight is 595 g/mol. The Bertz CT molecular complexity index is 1870. The van der Waals surface area contributed by atoms with Crippen LogP contribution in [0.5, 0.6) is 5.75 Å². The van der Waals surface area contributed by atoms with Crippen molar-refractivity contribution in [2.75, 3.05) is 11.9 Å². The van der Waals surface area contributed by atoms with Gasteiger partial charge in [0.15, 0.2) is 5.78 Å². The van der Waals surface area contributed by atoms with Crippen LogP contribution in [0, 0.1) is 5.82 Å². The molecular formula is C36H28FN2NaO4. The third-order valence-corrected chi connectivity index (χ3v) is 7.52. The van der Waals surface area contributed by atoms with E-state index in [0.717, 1.165) is 16.6 Å². The third kappa shape index (κ3) is 6.70. The number of carbonyl (C=O) groups is 2. The van der Waals surface area contributed by atoms with Gasteiger partial charge < -0.3 is 24.5 Å². The van der Waals surface area contributed by atoms with Crippen molar-refractivity contribution in [3.63, 3.8) is 0 Å². The van der Waals surface area contributed by atoms with Gasteiger partial charge in [-0.3, -0.25) is 4.79 Å². The van der Waals surface area contributed by atoms with Crippen molar-refractivity contribution in [1.29, 1.82) is 0 Å². The number of benzene rings is 5. The molecule has 0 unspecified atom stereocenters. The van der Waals surface area contributed by atoms with Gasteiger partial charge in [-0.15, -0.1) is 0 Å². The molecular weight excluding hydrogens is 566 g/mol. The van der Waals surface area contributed by atoms with Crippen LogP contribution in [0.1, 0.15) is 21.5 Å². The summed E-state index contributed by atoms with van der Waals surface area (Å²) in [7, 11) is 0. The predicted molar refractivity (Wildman–Crippen MR) is 164 cm³/mol. The minimum Gasteiger partial charge on any atom is -0.548 e. The second kappa shape index (κ2) is 13.9. The summed E-state index contributed by atoms with van der Waals surface area (Å²) in [5, 5.41) is 17.5. The first-order chi connectivity index (χ1) is 21.0. The molecule has 1 heterocycles. The molecule has 5 aromatic carbocycles. The zero-order valence-corrected chi connectivity index (χ0v) is 26.2. The first-order valence-electron chi connectivity index (χ1n) is 14.0. The van der Waals surface area contributed by atoms with Gasteiger partial charge in [0.2, 0.25) is 0 Å². The number of carboxylic acids is 1. The summed E-state index contributed by atoms with van der Waals surface area (Å²) >= 11 is 0. The van der Waals surface area contributed by atoms with Crippen molar-refractivity contribution in [2.45, 2.75) is 19.0 Å². The Morgan fingerprint density at radius 3 is 2.00 bits per heavy atom. The van der Waals surface area contributed by atoms with Crippen LogP contribution in [0.4, 0.5) is 10.1 Å². The third-order valence-electron chi connectivity index (χ3n) is 7.52. The van der Waals surface area contributed by atoms with Crippen LogP contribution in [-0.2, 0) is 17.8 Å². The number of carboxylic acid groups (broad SMARTS) is 1. The van der Waals surface area contributed by atoms with Crippen molar-refractivity contribution in [3.05, 3.63) is 144 Å². The maximum absolute atomic E-state index is 13.3. The molecule has 1 N–H and O–H groups in total. The Kier molecular flexibility index (Phi) is 9.80. The number of para-hydroxylation sites is 3. The van der Waals surface area contributed by atoms with Crippen LogP contribution < -0.4 is 44.7 Å². The van der Waals surface area contributed by atoms with Crippen LogP contribution in [0.3, 0.4) is 0 Å². The number of hydrogen-bond acceptors (Lipinski definition) is 5. The molecule has 0 amide bonds. The molecule has 0 spiro atoms. The summed E-state index contributed by atoms with van der Waals surface area (Å²) in [6.07, 6.45) is 0.128. The van der Waals surface area contributed by atoms with Gasteiger partial charge in [-0.1, -0.05) is 60.7 Å². The molecule has 0 aliphatic heterocycles. The van der Waals surface area contributed by atoms with E-state index in [9.17, 15) is 19.1 Å². The molecule has 44 heavy (non-hydrogen) atoms. The molecule has 1 atom stereocenters. The minimum absolute atomic E-state index is 0. The molecule has 0 aliphatic carbocycles. The fourth-order valence-corrected chi connectivity index (χ4v) is 5.40. The summed E-state index contributed by atoms with van der Waals surface area (Å²) in [6, 6.07) is 34.7. The predicted octanol–water partition coefficient (Wildman–Crippen LogP) is 3.02. The normalized spacial score (nSPS) is 11.6. The van der Waals surface area contributed by atoms with Crippen molar-refractivity contribution in [1.82, 2.24) is 4.57 Å². The first kappa shape index (κ1) is 31.0. The number of aromatic nitrogens is 1. The number of nitrogens with zero attached hydrogens (tertiary/aromatic N) is 1. The van der Waals surface area contributed by atoms with Gasteiger partial charge in [0.05, 0.1) is 18.6 Å². The Morgan fingerprint density at radius 2 is 1.36 bits per heavy atom. The van der Waals surface area contributed by atoms with Crippen LogP contribution in [-0.4, -0.2) is 29.0 Å². The van der Waals surface area contributed by atoms with Gasteiger partial charge in [0.1, 0.15) is 18.2 Å². The first-order valence-corrected chi connectivity index (χ1v) is 14.0. The number of anilines is 1. The molecule has 6 nitrogen and oxygen atoms in total. The summed E-state index contributed by atoms with van der Waals surface area (Å²) < 4.78 is 21.6. The zero-order chi connectivity index (χ0) is 29.8. The quantitative estimate of drug-likeness (QED) is 0.184. The van der Waals surface area contributed by atoms with Crippen LogP contribution in [0.15, 0.2) is 121 Å². The van der Waals surface area contributed by atoms with Crippen LogP contribution >= 0.6 is 0 Å². The largest absolute Gasteiger partial charge is 1.00 e. The van der Waals surface area contributed by atoms with E-state index in [1.54, 1.807) is 24.3 Å². The Labute approximate surface area is 276 Å². The standard InChI is InChI=1S/C36H29FN2O4.Na/c37-26-17-15-25(16-18-26)35(40)30-9-1-4-10-31(30)38-32(36(41)42)23-24-13-19-27(20-14-24)43-22-21-39-33-11-5-2-7-28(33)29-8-3-6-12-34(29)39;/h1-20,32,38H,21-23H2,(H,41,42);/q;+1/p-1/t32-;/m1./s1. The van der Waals surface area contributed by atoms with Crippen molar-refractivity contribution in [2.24, 2.45) is 0 Å². The Hall–Kier alpha value is -4.43. The maximum Gasteiger partial charge on any atom is 1.00 e. The Balaban J connectivity index is 0.00000384. The molecule has 0 bridgehead atoms. The van der Waals surface area contributed by atoms with E-state index in [-0.39, 0.29) is 47.3 Å². The number of fused-ring (bicyclic) bond motifs is 3. The summed E-state index contributed by atoms with van der Waals surface area (Å²) in [5.74, 6) is -1.41. The molecule has 0 saturated carbocycles. The van der Waals surface area contributed by atoms with Gasteiger partial charge in [-0.05, 0) is 72.6 Å². The van der Waals surface area contributed by atoms with Crippen LogP contribution in [0.25, 0.3) is 21.8 Å². The number of aliphatic carboxylic acids is 1. The van der Waals surface area contributed by atoms with E-state index in [0.29, 0.717) is 30.2 Å². The fourth-order valence-electron chi connectivity index (χ4n) is 5.40. The van der Waals surface area contributed by atoms with E-state index >= 15 is 0 Å². The molecule has 0 saturated heterocycles. The topological polar surface area (TPSA) is 83.4 Å². The number of rotatable bonds is 11. The number of ether oxygens (including phenoxy) is 1. The molecule has 8 heteroatoms. The number of carbonyl (C=O) groups excluding carboxylic acids is 2. The van der Waals surface area contributed by atoms with Gasteiger partial charge in [-0.25, -0.2) is 4.39 Å². The monoisotopic (exact) mass is 594 g/mol. The van der Waals surface area contributed by atoms with Crippen LogP contribution in [0.2, 0.25) is 0 Å². The summed E-state index contributed by atoms with van der Waals surface area (Å²) in [6.45, 7) is 1.13. The number of ketones is 1. The number of nitrogens with one attached hydrogen (secondary N) is 1. The van der Waals surface area contributed by atoms with E-state index in [2.05, 4.69) is 34.1 Å². The molecule has 1 aromatic heterocycles. The number of hydrogen-bond donors (Lipinski definition) is 1. The molecule has 0 aliphatic rings. The molecule has 214 valence electrons. The van der Waals surface area contributed by atoms with E-state index in [4.69, 9.17) is 4.74 Å².